The summed E-state index contributed by atoms with van der Waals surface area (Å²) in [6, 6.07) is 3.89. The number of hydrogen-bond acceptors (Lipinski definition) is 5. The van der Waals surface area contributed by atoms with Crippen LogP contribution in [0.25, 0.3) is 0 Å². The van der Waals surface area contributed by atoms with Crippen molar-refractivity contribution in [2.45, 2.75) is 38.1 Å². The molecule has 0 saturated carbocycles. The van der Waals surface area contributed by atoms with Gasteiger partial charge in [-0.05, 0) is 44.2 Å². The van der Waals surface area contributed by atoms with Crippen molar-refractivity contribution in [3.8, 4) is 0 Å². The molecule has 0 spiro atoms. The maximum Gasteiger partial charge on any atom is 0.273 e. The molecule has 0 radical (unpaired) electrons. The topological polar surface area (TPSA) is 78.0 Å². The summed E-state index contributed by atoms with van der Waals surface area (Å²) in [5.41, 5.74) is 1.62. The monoisotopic (exact) mass is 326 g/mol. The molecule has 7 heteroatoms. The molecule has 126 valence electrons. The molecule has 2 aliphatic heterocycles. The van der Waals surface area contributed by atoms with Crippen LogP contribution in [0.1, 0.15) is 54.5 Å². The van der Waals surface area contributed by atoms with Gasteiger partial charge >= 0.3 is 0 Å². The maximum absolute atomic E-state index is 13.1. The van der Waals surface area contributed by atoms with Crippen molar-refractivity contribution in [3.63, 3.8) is 0 Å². The lowest BCUT2D eigenvalue weighted by atomic mass is 10.0. The number of carbonyl (C=O) groups is 1. The van der Waals surface area contributed by atoms with Crippen LogP contribution in [0.5, 0.6) is 0 Å². The molecule has 2 saturated heterocycles. The van der Waals surface area contributed by atoms with Crippen LogP contribution in [-0.4, -0.2) is 50.6 Å². The van der Waals surface area contributed by atoms with Crippen LogP contribution in [-0.2, 0) is 0 Å². The molecule has 0 aliphatic carbocycles. The van der Waals surface area contributed by atoms with Gasteiger partial charge in [-0.2, -0.15) is 5.10 Å². The second kappa shape index (κ2) is 6.59. The SMILES string of the molecule is O=C(c1cc(N2CCCC2)ccn1)N1CCCCC1c1ncn[nH]1. The number of amides is 1. The highest BCUT2D eigenvalue weighted by Crippen LogP contribution is 2.30. The molecule has 0 bridgehead atoms. The van der Waals surface area contributed by atoms with E-state index in [4.69, 9.17) is 0 Å². The fourth-order valence-electron chi connectivity index (χ4n) is 3.69. The second-order valence-electron chi connectivity index (χ2n) is 6.47. The fraction of sp³-hybridized carbons (Fsp3) is 0.529. The van der Waals surface area contributed by atoms with Gasteiger partial charge in [-0.25, -0.2) is 4.98 Å². The average molecular weight is 326 g/mol. The maximum atomic E-state index is 13.1. The van der Waals surface area contributed by atoms with Crippen molar-refractivity contribution in [1.29, 1.82) is 0 Å². The van der Waals surface area contributed by atoms with Gasteiger partial charge in [0.2, 0.25) is 0 Å². The second-order valence-corrected chi connectivity index (χ2v) is 6.47. The molecule has 2 fully saturated rings. The van der Waals surface area contributed by atoms with E-state index < -0.39 is 0 Å². The number of hydrogen-bond donors (Lipinski definition) is 1. The first-order chi connectivity index (χ1) is 11.8. The van der Waals surface area contributed by atoms with E-state index >= 15 is 0 Å². The minimum Gasteiger partial charge on any atom is -0.371 e. The zero-order valence-corrected chi connectivity index (χ0v) is 13.7. The van der Waals surface area contributed by atoms with E-state index in [9.17, 15) is 4.79 Å². The highest BCUT2D eigenvalue weighted by Gasteiger charge is 2.31. The molecular formula is C17H22N6O. The third-order valence-corrected chi connectivity index (χ3v) is 4.95. The molecule has 24 heavy (non-hydrogen) atoms. The van der Waals surface area contributed by atoms with E-state index in [1.807, 2.05) is 17.0 Å². The molecular weight excluding hydrogens is 304 g/mol. The van der Waals surface area contributed by atoms with Crippen LogP contribution < -0.4 is 4.90 Å². The first-order valence-electron chi connectivity index (χ1n) is 8.70. The highest BCUT2D eigenvalue weighted by molar-refractivity contribution is 5.93. The number of aromatic nitrogens is 4. The standard InChI is InChI=1S/C17H22N6O/c24-17(14-11-13(6-7-18-14)22-8-3-4-9-22)23-10-2-1-5-15(23)16-19-12-20-21-16/h6-7,11-12,15H,1-5,8-10H2,(H,19,20,21). The van der Waals surface area contributed by atoms with Gasteiger partial charge in [-0.1, -0.05) is 0 Å². The lowest BCUT2D eigenvalue weighted by Crippen LogP contribution is -2.39. The number of carbonyl (C=O) groups excluding carboxylic acids is 1. The van der Waals surface area contributed by atoms with Crippen molar-refractivity contribution in [3.05, 3.63) is 36.2 Å². The van der Waals surface area contributed by atoms with Crippen molar-refractivity contribution in [1.82, 2.24) is 25.1 Å². The minimum absolute atomic E-state index is 0.0165. The normalized spacial score (nSPS) is 21.2. The zero-order chi connectivity index (χ0) is 16.4. The molecule has 1 unspecified atom stereocenters. The predicted octanol–water partition coefficient (Wildman–Crippen LogP) is 2.17. The summed E-state index contributed by atoms with van der Waals surface area (Å²) in [7, 11) is 0. The third-order valence-electron chi connectivity index (χ3n) is 4.95. The molecule has 1 amide bonds. The molecule has 0 aromatic carbocycles. The van der Waals surface area contributed by atoms with E-state index in [2.05, 4.69) is 25.1 Å². The number of nitrogens with zero attached hydrogens (tertiary/aromatic N) is 5. The van der Waals surface area contributed by atoms with Crippen LogP contribution >= 0.6 is 0 Å². The van der Waals surface area contributed by atoms with Gasteiger partial charge in [-0.15, -0.1) is 0 Å². The van der Waals surface area contributed by atoms with E-state index in [1.165, 1.54) is 19.2 Å². The van der Waals surface area contributed by atoms with Gasteiger partial charge < -0.3 is 9.80 Å². The Kier molecular flexibility index (Phi) is 4.15. The molecule has 2 aromatic heterocycles. The number of nitrogens with one attached hydrogen (secondary N) is 1. The molecule has 1 atom stereocenters. The Morgan fingerprint density at radius 1 is 1.12 bits per heavy atom. The number of anilines is 1. The predicted molar refractivity (Wildman–Crippen MR) is 89.7 cm³/mol. The number of aromatic amines is 1. The van der Waals surface area contributed by atoms with Crippen LogP contribution in [0.2, 0.25) is 0 Å². The summed E-state index contributed by atoms with van der Waals surface area (Å²) in [6.07, 6.45) is 8.69. The molecule has 4 heterocycles. The van der Waals surface area contributed by atoms with Crippen LogP contribution in [0.4, 0.5) is 5.69 Å². The zero-order valence-electron chi connectivity index (χ0n) is 13.7. The van der Waals surface area contributed by atoms with Gasteiger partial charge in [0.25, 0.3) is 5.91 Å². The quantitative estimate of drug-likeness (QED) is 0.935. The molecule has 2 aromatic rings. The first kappa shape index (κ1) is 15.1. The smallest absolute Gasteiger partial charge is 0.273 e. The number of H-pyrrole nitrogens is 1. The summed E-state index contributed by atoms with van der Waals surface area (Å²) in [5, 5.41) is 6.85. The van der Waals surface area contributed by atoms with Crippen molar-refractivity contribution in [2.75, 3.05) is 24.5 Å². The number of pyridine rings is 1. The van der Waals surface area contributed by atoms with Crippen molar-refractivity contribution >= 4 is 11.6 Å². The molecule has 7 nitrogen and oxygen atoms in total. The van der Waals surface area contributed by atoms with Crippen LogP contribution in [0, 0.1) is 0 Å². The van der Waals surface area contributed by atoms with Crippen molar-refractivity contribution < 1.29 is 4.79 Å². The van der Waals surface area contributed by atoms with Gasteiger partial charge in [0, 0.05) is 31.5 Å². The Hall–Kier alpha value is -2.44. The van der Waals surface area contributed by atoms with Gasteiger partial charge in [0.15, 0.2) is 0 Å². The van der Waals surface area contributed by atoms with E-state index in [0.717, 1.165) is 50.4 Å². The molecule has 2 aliphatic rings. The Morgan fingerprint density at radius 3 is 2.75 bits per heavy atom. The fourth-order valence-corrected chi connectivity index (χ4v) is 3.69. The Bertz CT molecular complexity index is 695. The Balaban J connectivity index is 1.58. The minimum atomic E-state index is -0.0361. The van der Waals surface area contributed by atoms with Crippen LogP contribution in [0.15, 0.2) is 24.7 Å². The lowest BCUT2D eigenvalue weighted by Gasteiger charge is -2.34. The summed E-state index contributed by atoms with van der Waals surface area (Å²) < 4.78 is 0. The summed E-state index contributed by atoms with van der Waals surface area (Å²) >= 11 is 0. The number of piperidine rings is 1. The first-order valence-corrected chi connectivity index (χ1v) is 8.70. The number of likely N-dealkylation sites (tertiary alicyclic amines) is 1. The average Bonchev–Trinajstić information content (AvgIpc) is 3.35. The van der Waals surface area contributed by atoms with Gasteiger partial charge in [0.05, 0.1) is 6.04 Å². The van der Waals surface area contributed by atoms with Crippen LogP contribution in [0.3, 0.4) is 0 Å². The van der Waals surface area contributed by atoms with E-state index in [0.29, 0.717) is 5.69 Å². The van der Waals surface area contributed by atoms with Gasteiger partial charge in [-0.3, -0.25) is 14.9 Å². The number of rotatable bonds is 3. The third kappa shape index (κ3) is 2.86. The molecule has 1 N–H and O–H groups in total. The lowest BCUT2D eigenvalue weighted by molar-refractivity contribution is 0.0594. The van der Waals surface area contributed by atoms with Gasteiger partial charge in [0.1, 0.15) is 17.8 Å². The summed E-state index contributed by atoms with van der Waals surface area (Å²) in [4.78, 5) is 25.9. The summed E-state index contributed by atoms with van der Waals surface area (Å²) in [5.74, 6) is 0.746. The largest absolute Gasteiger partial charge is 0.371 e. The van der Waals surface area contributed by atoms with Crippen molar-refractivity contribution in [2.24, 2.45) is 0 Å². The Morgan fingerprint density at radius 2 is 1.96 bits per heavy atom. The van der Waals surface area contributed by atoms with E-state index in [1.54, 1.807) is 6.20 Å². The highest BCUT2D eigenvalue weighted by atomic mass is 16.2. The van der Waals surface area contributed by atoms with E-state index in [-0.39, 0.29) is 11.9 Å². The summed E-state index contributed by atoms with van der Waals surface area (Å²) in [6.45, 7) is 2.85. The molecule has 4 rings (SSSR count). The Labute approximate surface area is 141 Å².